The molecule has 1 saturated carbocycles. The van der Waals surface area contributed by atoms with Crippen LogP contribution in [0, 0.1) is 9.49 Å². The van der Waals surface area contributed by atoms with E-state index in [0.717, 1.165) is 12.5 Å². The van der Waals surface area contributed by atoms with Crippen molar-refractivity contribution in [2.75, 3.05) is 6.54 Å². The van der Waals surface area contributed by atoms with E-state index in [0.29, 0.717) is 6.04 Å². The van der Waals surface area contributed by atoms with Gasteiger partial charge in [0.15, 0.2) is 0 Å². The van der Waals surface area contributed by atoms with Gasteiger partial charge in [-0.3, -0.25) is 0 Å². The molecule has 0 spiro atoms. The van der Waals surface area contributed by atoms with Crippen LogP contribution in [0.15, 0.2) is 24.3 Å². The summed E-state index contributed by atoms with van der Waals surface area (Å²) in [5, 5.41) is 3.75. The molecule has 0 amide bonds. The van der Waals surface area contributed by atoms with Crippen molar-refractivity contribution in [2.24, 2.45) is 5.92 Å². The second-order valence-corrected chi connectivity index (χ2v) is 6.58. The van der Waals surface area contributed by atoms with Crippen LogP contribution in [0.1, 0.15) is 57.1 Å². The average Bonchev–Trinajstić information content (AvgIpc) is 2.88. The Morgan fingerprint density at radius 2 is 2.00 bits per heavy atom. The number of nitrogens with one attached hydrogen (secondary N) is 1. The van der Waals surface area contributed by atoms with Gasteiger partial charge in [-0.25, -0.2) is 0 Å². The zero-order chi connectivity index (χ0) is 12.8. The highest BCUT2D eigenvalue weighted by molar-refractivity contribution is 14.1. The minimum absolute atomic E-state index is 0.557. The molecule has 0 radical (unpaired) electrons. The summed E-state index contributed by atoms with van der Waals surface area (Å²) in [6.45, 7) is 3.37. The fourth-order valence-electron chi connectivity index (χ4n) is 2.98. The van der Waals surface area contributed by atoms with Crippen molar-refractivity contribution in [3.8, 4) is 0 Å². The molecule has 1 unspecified atom stereocenters. The summed E-state index contributed by atoms with van der Waals surface area (Å²) >= 11 is 2.47. The van der Waals surface area contributed by atoms with Crippen LogP contribution in [0.3, 0.4) is 0 Å². The molecule has 2 heteroatoms. The van der Waals surface area contributed by atoms with E-state index in [2.05, 4.69) is 59.1 Å². The molecule has 1 N–H and O–H groups in total. The maximum Gasteiger partial charge on any atom is 0.0333 e. The molecule has 1 aliphatic rings. The molecular weight excluding hydrogens is 333 g/mol. The third kappa shape index (κ3) is 3.95. The van der Waals surface area contributed by atoms with Gasteiger partial charge in [-0.05, 0) is 59.5 Å². The van der Waals surface area contributed by atoms with Crippen LogP contribution < -0.4 is 5.32 Å². The number of hydrogen-bond acceptors (Lipinski definition) is 1. The summed E-state index contributed by atoms with van der Waals surface area (Å²) in [6, 6.07) is 9.39. The van der Waals surface area contributed by atoms with Crippen LogP contribution in [-0.2, 0) is 0 Å². The Hall–Kier alpha value is -0.0900. The van der Waals surface area contributed by atoms with Crippen molar-refractivity contribution in [2.45, 2.75) is 51.5 Å². The smallest absolute Gasteiger partial charge is 0.0333 e. The van der Waals surface area contributed by atoms with E-state index in [4.69, 9.17) is 0 Å². The van der Waals surface area contributed by atoms with Gasteiger partial charge in [-0.15, -0.1) is 0 Å². The van der Waals surface area contributed by atoms with Gasteiger partial charge in [-0.2, -0.15) is 0 Å². The second kappa shape index (κ2) is 7.49. The highest BCUT2D eigenvalue weighted by Crippen LogP contribution is 2.34. The van der Waals surface area contributed by atoms with Crippen LogP contribution in [0.25, 0.3) is 0 Å². The Balaban J connectivity index is 2.06. The van der Waals surface area contributed by atoms with Crippen molar-refractivity contribution in [3.05, 3.63) is 33.4 Å². The van der Waals surface area contributed by atoms with E-state index in [1.54, 1.807) is 0 Å². The Morgan fingerprint density at radius 3 is 2.67 bits per heavy atom. The first-order valence-electron chi connectivity index (χ1n) is 7.29. The van der Waals surface area contributed by atoms with Crippen LogP contribution in [0.5, 0.6) is 0 Å². The predicted octanol–water partition coefficient (Wildman–Crippen LogP) is 4.91. The Kier molecular flexibility index (Phi) is 5.96. The summed E-state index contributed by atoms with van der Waals surface area (Å²) in [4.78, 5) is 0. The van der Waals surface area contributed by atoms with Crippen LogP contribution >= 0.6 is 22.6 Å². The molecule has 0 bridgehead atoms. The standard InChI is InChI=1S/C16H24IN/c1-2-11-18-16(12-13-7-3-4-8-13)14-9-5-6-10-15(14)17/h5-6,9-10,13,16,18H,2-4,7-8,11-12H2,1H3. The number of rotatable bonds is 6. The molecule has 1 aromatic carbocycles. The number of halogens is 1. The van der Waals surface area contributed by atoms with Gasteiger partial charge in [0.25, 0.3) is 0 Å². The molecule has 1 fully saturated rings. The lowest BCUT2D eigenvalue weighted by atomic mass is 9.93. The van der Waals surface area contributed by atoms with Crippen molar-refractivity contribution < 1.29 is 0 Å². The summed E-state index contributed by atoms with van der Waals surface area (Å²) in [7, 11) is 0. The van der Waals surface area contributed by atoms with Crippen molar-refractivity contribution in [3.63, 3.8) is 0 Å². The van der Waals surface area contributed by atoms with E-state index in [9.17, 15) is 0 Å². The molecule has 100 valence electrons. The van der Waals surface area contributed by atoms with Crippen molar-refractivity contribution in [1.82, 2.24) is 5.32 Å². The Morgan fingerprint density at radius 1 is 1.28 bits per heavy atom. The predicted molar refractivity (Wildman–Crippen MR) is 86.8 cm³/mol. The SMILES string of the molecule is CCCNC(CC1CCCC1)c1ccccc1I. The fourth-order valence-corrected chi connectivity index (χ4v) is 3.74. The van der Waals surface area contributed by atoms with Gasteiger partial charge in [-0.1, -0.05) is 50.8 Å². The van der Waals surface area contributed by atoms with Gasteiger partial charge in [0.05, 0.1) is 0 Å². The first kappa shape index (κ1) is 14.3. The molecule has 0 aromatic heterocycles. The third-order valence-corrected chi connectivity index (χ3v) is 4.95. The molecular formula is C16H24IN. The summed E-state index contributed by atoms with van der Waals surface area (Å²) in [5.74, 6) is 0.940. The maximum atomic E-state index is 3.75. The van der Waals surface area contributed by atoms with E-state index in [1.807, 2.05) is 0 Å². The Labute approximate surface area is 125 Å². The van der Waals surface area contributed by atoms with Gasteiger partial charge >= 0.3 is 0 Å². The van der Waals surface area contributed by atoms with Gasteiger partial charge in [0.1, 0.15) is 0 Å². The largest absolute Gasteiger partial charge is 0.310 e. The molecule has 1 nitrogen and oxygen atoms in total. The topological polar surface area (TPSA) is 12.0 Å². The lowest BCUT2D eigenvalue weighted by molar-refractivity contribution is 0.394. The molecule has 18 heavy (non-hydrogen) atoms. The van der Waals surface area contributed by atoms with E-state index in [1.165, 1.54) is 47.7 Å². The van der Waals surface area contributed by atoms with Gasteiger partial charge < -0.3 is 5.32 Å². The minimum atomic E-state index is 0.557. The summed E-state index contributed by atoms with van der Waals surface area (Å²) in [6.07, 6.45) is 8.29. The molecule has 1 aromatic rings. The number of hydrogen-bond donors (Lipinski definition) is 1. The minimum Gasteiger partial charge on any atom is -0.310 e. The van der Waals surface area contributed by atoms with Crippen molar-refractivity contribution in [1.29, 1.82) is 0 Å². The molecule has 0 aliphatic heterocycles. The molecule has 1 atom stereocenters. The van der Waals surface area contributed by atoms with Crippen molar-refractivity contribution >= 4 is 22.6 Å². The van der Waals surface area contributed by atoms with Gasteiger partial charge in [0.2, 0.25) is 0 Å². The average molecular weight is 357 g/mol. The molecule has 2 rings (SSSR count). The lowest BCUT2D eigenvalue weighted by Crippen LogP contribution is -2.24. The maximum absolute atomic E-state index is 3.75. The lowest BCUT2D eigenvalue weighted by Gasteiger charge is -2.23. The highest BCUT2D eigenvalue weighted by Gasteiger charge is 2.21. The quantitative estimate of drug-likeness (QED) is 0.713. The summed E-state index contributed by atoms with van der Waals surface area (Å²) in [5.41, 5.74) is 1.50. The molecule has 0 saturated heterocycles. The highest BCUT2D eigenvalue weighted by atomic mass is 127. The van der Waals surface area contributed by atoms with Crippen LogP contribution in [-0.4, -0.2) is 6.54 Å². The summed E-state index contributed by atoms with van der Waals surface area (Å²) < 4.78 is 1.40. The zero-order valence-electron chi connectivity index (χ0n) is 11.3. The van der Waals surface area contributed by atoms with Crippen LogP contribution in [0.2, 0.25) is 0 Å². The van der Waals surface area contributed by atoms with E-state index in [-0.39, 0.29) is 0 Å². The molecule has 1 aliphatic carbocycles. The van der Waals surface area contributed by atoms with Crippen LogP contribution in [0.4, 0.5) is 0 Å². The number of benzene rings is 1. The third-order valence-electron chi connectivity index (χ3n) is 3.97. The molecule has 0 heterocycles. The zero-order valence-corrected chi connectivity index (χ0v) is 13.4. The Bertz CT molecular complexity index is 358. The fraction of sp³-hybridized carbons (Fsp3) is 0.625. The van der Waals surface area contributed by atoms with E-state index >= 15 is 0 Å². The normalized spacial score (nSPS) is 18.1. The first-order chi connectivity index (χ1) is 8.81. The van der Waals surface area contributed by atoms with Gasteiger partial charge in [0, 0.05) is 9.61 Å². The second-order valence-electron chi connectivity index (χ2n) is 5.41. The first-order valence-corrected chi connectivity index (χ1v) is 8.37. The monoisotopic (exact) mass is 357 g/mol. The van der Waals surface area contributed by atoms with E-state index < -0.39 is 0 Å².